The molecule has 0 aliphatic carbocycles. The van der Waals surface area contributed by atoms with Crippen LogP contribution in [0.4, 0.5) is 5.69 Å². The van der Waals surface area contributed by atoms with E-state index < -0.39 is 15.9 Å². The van der Waals surface area contributed by atoms with E-state index in [9.17, 15) is 13.2 Å². The van der Waals surface area contributed by atoms with E-state index in [2.05, 4.69) is 10.4 Å². The van der Waals surface area contributed by atoms with Gasteiger partial charge in [0.15, 0.2) is 0 Å². The summed E-state index contributed by atoms with van der Waals surface area (Å²) in [6.45, 7) is -0.0672. The van der Waals surface area contributed by atoms with Crippen LogP contribution in [-0.2, 0) is 17.1 Å². The number of rotatable bonds is 4. The molecule has 1 amide bonds. The third kappa shape index (κ3) is 3.21. The van der Waals surface area contributed by atoms with E-state index in [1.54, 1.807) is 7.05 Å². The highest BCUT2D eigenvalue weighted by atomic mass is 32.2. The van der Waals surface area contributed by atoms with Crippen molar-refractivity contribution in [3.63, 3.8) is 0 Å². The molecule has 0 aromatic carbocycles. The smallest absolute Gasteiger partial charge is 0.271 e. The third-order valence-electron chi connectivity index (χ3n) is 1.85. The van der Waals surface area contributed by atoms with E-state index in [1.807, 2.05) is 0 Å². The van der Waals surface area contributed by atoms with Crippen molar-refractivity contribution >= 4 is 21.6 Å². The van der Waals surface area contributed by atoms with Crippen LogP contribution in [0.5, 0.6) is 0 Å². The van der Waals surface area contributed by atoms with E-state index in [0.717, 1.165) is 0 Å². The lowest BCUT2D eigenvalue weighted by atomic mass is 10.3. The molecule has 0 fully saturated rings. The summed E-state index contributed by atoms with van der Waals surface area (Å²) < 4.78 is 22.5. The normalized spacial score (nSPS) is 11.4. The number of carbonyl (C=O) groups is 1. The Hall–Kier alpha value is -1.61. The number of aryl methyl sites for hydroxylation is 1. The minimum atomic E-state index is -3.58. The molecule has 0 aliphatic heterocycles. The number of anilines is 1. The van der Waals surface area contributed by atoms with Crippen molar-refractivity contribution in [2.45, 2.75) is 0 Å². The highest BCUT2D eigenvalue weighted by molar-refractivity contribution is 7.89. The lowest BCUT2D eigenvalue weighted by Crippen LogP contribution is -2.32. The predicted molar refractivity (Wildman–Crippen MR) is 57.9 cm³/mol. The largest absolute Gasteiger partial charge is 0.396 e. The zero-order chi connectivity index (χ0) is 12.3. The van der Waals surface area contributed by atoms with Crippen molar-refractivity contribution < 1.29 is 13.2 Å². The van der Waals surface area contributed by atoms with Gasteiger partial charge in [-0.15, -0.1) is 0 Å². The van der Waals surface area contributed by atoms with Crippen LogP contribution in [0.15, 0.2) is 6.20 Å². The van der Waals surface area contributed by atoms with Gasteiger partial charge < -0.3 is 11.1 Å². The highest BCUT2D eigenvalue weighted by Crippen LogP contribution is 2.08. The summed E-state index contributed by atoms with van der Waals surface area (Å²) in [6.07, 6.45) is 1.34. The number of nitrogens with two attached hydrogens (primary N) is 2. The van der Waals surface area contributed by atoms with Gasteiger partial charge in [-0.1, -0.05) is 0 Å². The quantitative estimate of drug-likeness (QED) is 0.567. The van der Waals surface area contributed by atoms with Crippen molar-refractivity contribution in [1.82, 2.24) is 15.1 Å². The summed E-state index contributed by atoms with van der Waals surface area (Å²) in [7, 11) is -2.02. The molecular formula is C7H13N5O3S. The SMILES string of the molecule is Cn1ncc(N)c1C(=O)NCCS(N)(=O)=O. The second-order valence-corrected chi connectivity index (χ2v) is 4.93. The second kappa shape index (κ2) is 4.49. The summed E-state index contributed by atoms with van der Waals surface area (Å²) in [5.41, 5.74) is 5.93. The Labute approximate surface area is 92.7 Å². The lowest BCUT2D eigenvalue weighted by molar-refractivity contribution is 0.0947. The van der Waals surface area contributed by atoms with Gasteiger partial charge in [-0.3, -0.25) is 9.48 Å². The fraction of sp³-hybridized carbons (Fsp3) is 0.429. The van der Waals surface area contributed by atoms with Crippen LogP contribution in [-0.4, -0.2) is 36.4 Å². The molecule has 0 aliphatic rings. The Morgan fingerprint density at radius 3 is 2.69 bits per heavy atom. The minimum absolute atomic E-state index is 0.0672. The molecule has 0 spiro atoms. The minimum Gasteiger partial charge on any atom is -0.396 e. The molecule has 0 saturated heterocycles. The molecule has 1 heterocycles. The van der Waals surface area contributed by atoms with E-state index in [0.29, 0.717) is 0 Å². The number of aromatic nitrogens is 2. The standard InChI is InChI=1S/C7H13N5O3S/c1-12-6(5(8)4-11-12)7(13)10-2-3-16(9,14)15/h4H,2-3,8H2,1H3,(H,10,13)(H2,9,14,15). The molecule has 0 bridgehead atoms. The van der Waals surface area contributed by atoms with E-state index in [4.69, 9.17) is 10.9 Å². The summed E-state index contributed by atoms with van der Waals surface area (Å²) in [6, 6.07) is 0. The van der Waals surface area contributed by atoms with Gasteiger partial charge in [-0.2, -0.15) is 5.10 Å². The van der Waals surface area contributed by atoms with Crippen molar-refractivity contribution in [1.29, 1.82) is 0 Å². The topological polar surface area (TPSA) is 133 Å². The first-order valence-electron chi connectivity index (χ1n) is 4.37. The summed E-state index contributed by atoms with van der Waals surface area (Å²) in [4.78, 5) is 11.5. The molecule has 0 atom stereocenters. The molecule has 16 heavy (non-hydrogen) atoms. The molecule has 9 heteroatoms. The lowest BCUT2D eigenvalue weighted by Gasteiger charge is -2.05. The maximum Gasteiger partial charge on any atom is 0.271 e. The van der Waals surface area contributed by atoms with Crippen LogP contribution >= 0.6 is 0 Å². The van der Waals surface area contributed by atoms with Crippen LogP contribution < -0.4 is 16.2 Å². The van der Waals surface area contributed by atoms with E-state index in [1.165, 1.54) is 10.9 Å². The first kappa shape index (κ1) is 12.5. The van der Waals surface area contributed by atoms with E-state index in [-0.39, 0.29) is 23.7 Å². The zero-order valence-corrected chi connectivity index (χ0v) is 9.49. The van der Waals surface area contributed by atoms with Crippen LogP contribution in [0.1, 0.15) is 10.5 Å². The fourth-order valence-corrected chi connectivity index (χ4v) is 1.51. The Morgan fingerprint density at radius 2 is 2.25 bits per heavy atom. The number of carbonyl (C=O) groups excluding carboxylic acids is 1. The average molecular weight is 247 g/mol. The monoisotopic (exact) mass is 247 g/mol. The summed E-state index contributed by atoms with van der Waals surface area (Å²) in [5, 5.41) is 10.9. The Kier molecular flexibility index (Phi) is 3.50. The number of nitrogens with one attached hydrogen (secondary N) is 1. The maximum absolute atomic E-state index is 11.5. The Bertz CT molecular complexity index is 473. The molecule has 1 aromatic heterocycles. The fourth-order valence-electron chi connectivity index (χ4n) is 1.12. The number of amides is 1. The number of nitrogen functional groups attached to an aromatic ring is 1. The number of sulfonamides is 1. The second-order valence-electron chi connectivity index (χ2n) is 3.20. The zero-order valence-electron chi connectivity index (χ0n) is 8.67. The van der Waals surface area contributed by atoms with Crippen molar-refractivity contribution in [3.05, 3.63) is 11.9 Å². The summed E-state index contributed by atoms with van der Waals surface area (Å²) in [5.74, 6) is -0.808. The van der Waals surface area contributed by atoms with Gasteiger partial charge in [0, 0.05) is 13.6 Å². The molecule has 0 saturated carbocycles. The number of nitrogens with zero attached hydrogens (tertiary/aromatic N) is 2. The number of primary sulfonamides is 1. The van der Waals surface area contributed by atoms with Gasteiger partial charge in [0.05, 0.1) is 17.6 Å². The molecular weight excluding hydrogens is 234 g/mol. The van der Waals surface area contributed by atoms with Gasteiger partial charge in [-0.05, 0) is 0 Å². The Morgan fingerprint density at radius 1 is 1.62 bits per heavy atom. The van der Waals surface area contributed by atoms with E-state index >= 15 is 0 Å². The predicted octanol–water partition coefficient (Wildman–Crippen LogP) is -1.98. The molecule has 0 radical (unpaired) electrons. The maximum atomic E-state index is 11.5. The van der Waals surface area contributed by atoms with Gasteiger partial charge in [0.1, 0.15) is 5.69 Å². The first-order chi connectivity index (χ1) is 7.31. The van der Waals surface area contributed by atoms with Gasteiger partial charge in [-0.25, -0.2) is 13.6 Å². The van der Waals surface area contributed by atoms with Crippen molar-refractivity contribution in [2.75, 3.05) is 18.0 Å². The van der Waals surface area contributed by atoms with Crippen LogP contribution in [0.25, 0.3) is 0 Å². The van der Waals surface area contributed by atoms with Crippen molar-refractivity contribution in [3.8, 4) is 0 Å². The first-order valence-corrected chi connectivity index (χ1v) is 6.09. The number of hydrogen-bond donors (Lipinski definition) is 3. The Balaban J connectivity index is 2.61. The van der Waals surface area contributed by atoms with Crippen molar-refractivity contribution in [2.24, 2.45) is 12.2 Å². The average Bonchev–Trinajstić information content (AvgIpc) is 2.43. The number of hydrogen-bond acceptors (Lipinski definition) is 5. The molecule has 1 rings (SSSR count). The van der Waals surface area contributed by atoms with Gasteiger partial charge >= 0.3 is 0 Å². The molecule has 1 aromatic rings. The molecule has 0 unspecified atom stereocenters. The van der Waals surface area contributed by atoms with Gasteiger partial charge in [0.25, 0.3) is 5.91 Å². The van der Waals surface area contributed by atoms with Crippen LogP contribution in [0.2, 0.25) is 0 Å². The molecule has 90 valence electrons. The third-order valence-corrected chi connectivity index (χ3v) is 2.63. The van der Waals surface area contributed by atoms with Crippen LogP contribution in [0, 0.1) is 0 Å². The molecule has 8 nitrogen and oxygen atoms in total. The van der Waals surface area contributed by atoms with Crippen LogP contribution in [0.3, 0.4) is 0 Å². The summed E-state index contributed by atoms with van der Waals surface area (Å²) >= 11 is 0. The highest BCUT2D eigenvalue weighted by Gasteiger charge is 2.14. The molecule has 5 N–H and O–H groups in total. The van der Waals surface area contributed by atoms with Gasteiger partial charge in [0.2, 0.25) is 10.0 Å².